The lowest BCUT2D eigenvalue weighted by atomic mass is 10.1. The van der Waals surface area contributed by atoms with Crippen LogP contribution in [0.4, 0.5) is 11.4 Å². The van der Waals surface area contributed by atoms with Gasteiger partial charge in [-0.25, -0.2) is 0 Å². The van der Waals surface area contributed by atoms with Gasteiger partial charge in [0.25, 0.3) is 17.5 Å². The molecule has 0 spiro atoms. The summed E-state index contributed by atoms with van der Waals surface area (Å²) in [6, 6.07) is 12.1. The van der Waals surface area contributed by atoms with Gasteiger partial charge in [-0.1, -0.05) is 25.1 Å². The minimum Gasteiger partial charge on any atom is -0.350 e. The molecule has 0 radical (unpaired) electrons. The lowest BCUT2D eigenvalue weighted by Gasteiger charge is -2.15. The number of carbonyl (C=O) groups is 2. The predicted molar refractivity (Wildman–Crippen MR) is 110 cm³/mol. The van der Waals surface area contributed by atoms with Gasteiger partial charge in [0, 0.05) is 23.7 Å². The predicted octanol–water partition coefficient (Wildman–Crippen LogP) is 3.25. The third kappa shape index (κ3) is 5.58. The highest BCUT2D eigenvalue weighted by molar-refractivity contribution is 7.80. The number of nitrogens with one attached hydrogen (secondary N) is 3. The zero-order valence-electron chi connectivity index (χ0n) is 15.4. The van der Waals surface area contributed by atoms with Gasteiger partial charge in [0.05, 0.1) is 16.2 Å². The van der Waals surface area contributed by atoms with Crippen LogP contribution in [0.25, 0.3) is 0 Å². The number of carbonyl (C=O) groups excluding carboxylic acids is 2. The fourth-order valence-electron chi connectivity index (χ4n) is 2.28. The molecular weight excluding hydrogens is 380 g/mol. The number of thiocarbonyl (C=S) groups is 1. The molecule has 28 heavy (non-hydrogen) atoms. The number of nitro benzene ring substituents is 1. The molecule has 146 valence electrons. The number of benzene rings is 2. The number of amides is 2. The van der Waals surface area contributed by atoms with Gasteiger partial charge in [-0.15, -0.1) is 0 Å². The Bertz CT molecular complexity index is 916. The summed E-state index contributed by atoms with van der Waals surface area (Å²) in [7, 11) is 0. The van der Waals surface area contributed by atoms with Crippen LogP contribution < -0.4 is 16.0 Å². The average molecular weight is 400 g/mol. The van der Waals surface area contributed by atoms with Crippen LogP contribution in [0.5, 0.6) is 0 Å². The third-order valence-electron chi connectivity index (χ3n) is 3.96. The van der Waals surface area contributed by atoms with E-state index in [1.54, 1.807) is 24.3 Å². The standard InChI is InChI=1S/C19H20N4O4S/c1-3-12(2)20-18(25)15-9-4-5-10-16(15)21-19(28)22-17(24)13-7-6-8-14(11-13)23(26)27/h4-12H,3H2,1-2H3,(H,20,25)(H2,21,22,24,28). The molecular formula is C19H20N4O4S. The molecule has 0 heterocycles. The molecule has 0 aliphatic carbocycles. The van der Waals surface area contributed by atoms with Crippen molar-refractivity contribution in [3.05, 3.63) is 69.8 Å². The van der Waals surface area contributed by atoms with Crippen LogP contribution in [0, 0.1) is 10.1 Å². The van der Waals surface area contributed by atoms with Gasteiger partial charge < -0.3 is 10.6 Å². The Morgan fingerprint density at radius 3 is 2.54 bits per heavy atom. The highest BCUT2D eigenvalue weighted by Crippen LogP contribution is 2.16. The maximum Gasteiger partial charge on any atom is 0.270 e. The van der Waals surface area contributed by atoms with Crippen molar-refractivity contribution in [1.29, 1.82) is 0 Å². The van der Waals surface area contributed by atoms with E-state index in [4.69, 9.17) is 12.2 Å². The maximum atomic E-state index is 12.4. The van der Waals surface area contributed by atoms with Crippen molar-refractivity contribution in [2.45, 2.75) is 26.3 Å². The van der Waals surface area contributed by atoms with E-state index in [0.717, 1.165) is 12.5 Å². The Morgan fingerprint density at radius 2 is 1.86 bits per heavy atom. The molecule has 2 rings (SSSR count). The monoisotopic (exact) mass is 400 g/mol. The molecule has 0 fully saturated rings. The van der Waals surface area contributed by atoms with Gasteiger partial charge in [0.15, 0.2) is 5.11 Å². The highest BCUT2D eigenvalue weighted by atomic mass is 32.1. The third-order valence-corrected chi connectivity index (χ3v) is 4.16. The SMILES string of the molecule is CCC(C)NC(=O)c1ccccc1NC(=S)NC(=O)c1cccc([N+](=O)[O-])c1. The van der Waals surface area contributed by atoms with Gasteiger partial charge >= 0.3 is 0 Å². The van der Waals surface area contributed by atoms with Crippen molar-refractivity contribution in [3.63, 3.8) is 0 Å². The Balaban J connectivity index is 2.09. The van der Waals surface area contributed by atoms with E-state index in [1.807, 2.05) is 13.8 Å². The molecule has 1 unspecified atom stereocenters. The topological polar surface area (TPSA) is 113 Å². The molecule has 0 aliphatic rings. The quantitative estimate of drug-likeness (QED) is 0.390. The normalized spacial score (nSPS) is 11.2. The van der Waals surface area contributed by atoms with E-state index in [-0.39, 0.29) is 28.3 Å². The summed E-state index contributed by atoms with van der Waals surface area (Å²) in [5, 5.41) is 19.0. The molecule has 0 saturated carbocycles. The van der Waals surface area contributed by atoms with Crippen LogP contribution in [0.15, 0.2) is 48.5 Å². The van der Waals surface area contributed by atoms with Crippen LogP contribution in [0.1, 0.15) is 41.0 Å². The number of nitrogens with zero attached hydrogens (tertiary/aromatic N) is 1. The van der Waals surface area contributed by atoms with Crippen LogP contribution in [0.2, 0.25) is 0 Å². The first-order chi connectivity index (χ1) is 13.3. The second kappa shape index (κ2) is 9.56. The molecule has 0 aromatic heterocycles. The molecule has 0 bridgehead atoms. The largest absolute Gasteiger partial charge is 0.350 e. The number of anilines is 1. The molecule has 0 aliphatic heterocycles. The Hall–Kier alpha value is -3.33. The van der Waals surface area contributed by atoms with Gasteiger partial charge in [0.2, 0.25) is 0 Å². The molecule has 8 nitrogen and oxygen atoms in total. The summed E-state index contributed by atoms with van der Waals surface area (Å²) in [6.07, 6.45) is 0.791. The first kappa shape index (κ1) is 21.0. The number of nitro groups is 1. The summed E-state index contributed by atoms with van der Waals surface area (Å²) in [4.78, 5) is 35.0. The molecule has 2 amide bonds. The van der Waals surface area contributed by atoms with Crippen LogP contribution in [0.3, 0.4) is 0 Å². The molecule has 1 atom stereocenters. The van der Waals surface area contributed by atoms with Crippen LogP contribution in [-0.4, -0.2) is 27.9 Å². The van der Waals surface area contributed by atoms with E-state index < -0.39 is 10.8 Å². The lowest BCUT2D eigenvalue weighted by molar-refractivity contribution is -0.384. The highest BCUT2D eigenvalue weighted by Gasteiger charge is 2.16. The van der Waals surface area contributed by atoms with Crippen molar-refractivity contribution >= 4 is 40.5 Å². The summed E-state index contributed by atoms with van der Waals surface area (Å²) >= 11 is 5.14. The molecule has 0 saturated heterocycles. The summed E-state index contributed by atoms with van der Waals surface area (Å²) in [6.45, 7) is 3.87. The molecule has 2 aromatic carbocycles. The van der Waals surface area contributed by atoms with Gasteiger partial charge in [-0.05, 0) is 43.8 Å². The summed E-state index contributed by atoms with van der Waals surface area (Å²) < 4.78 is 0. The molecule has 9 heteroatoms. The average Bonchev–Trinajstić information content (AvgIpc) is 2.68. The number of para-hydroxylation sites is 1. The Morgan fingerprint density at radius 1 is 1.14 bits per heavy atom. The van der Waals surface area contributed by atoms with Gasteiger partial charge in [-0.3, -0.25) is 25.0 Å². The van der Waals surface area contributed by atoms with Crippen LogP contribution >= 0.6 is 12.2 Å². The number of non-ortho nitro benzene ring substituents is 1. The van der Waals surface area contributed by atoms with Gasteiger partial charge in [-0.2, -0.15) is 0 Å². The van der Waals surface area contributed by atoms with E-state index >= 15 is 0 Å². The number of hydrogen-bond acceptors (Lipinski definition) is 5. The Labute approximate surface area is 167 Å². The molecule has 3 N–H and O–H groups in total. The smallest absolute Gasteiger partial charge is 0.270 e. The van der Waals surface area contributed by atoms with E-state index in [2.05, 4.69) is 16.0 Å². The van der Waals surface area contributed by atoms with E-state index in [1.165, 1.54) is 18.2 Å². The minimum absolute atomic E-state index is 0.0149. The van der Waals surface area contributed by atoms with E-state index in [9.17, 15) is 19.7 Å². The maximum absolute atomic E-state index is 12.4. The summed E-state index contributed by atoms with van der Waals surface area (Å²) in [5.74, 6) is -0.854. The Kier molecular flexibility index (Phi) is 7.16. The summed E-state index contributed by atoms with van der Waals surface area (Å²) in [5.41, 5.74) is 0.724. The number of hydrogen-bond donors (Lipinski definition) is 3. The second-order valence-electron chi connectivity index (χ2n) is 6.04. The van der Waals surface area contributed by atoms with E-state index in [0.29, 0.717) is 11.3 Å². The first-order valence-electron chi connectivity index (χ1n) is 8.58. The van der Waals surface area contributed by atoms with Crippen LogP contribution in [-0.2, 0) is 0 Å². The van der Waals surface area contributed by atoms with Crippen molar-refractivity contribution in [2.75, 3.05) is 5.32 Å². The van der Waals surface area contributed by atoms with Crippen molar-refractivity contribution < 1.29 is 14.5 Å². The minimum atomic E-state index is -0.595. The fourth-order valence-corrected chi connectivity index (χ4v) is 2.49. The zero-order chi connectivity index (χ0) is 20.7. The van der Waals surface area contributed by atoms with Crippen molar-refractivity contribution in [2.24, 2.45) is 0 Å². The van der Waals surface area contributed by atoms with Crippen molar-refractivity contribution in [3.8, 4) is 0 Å². The zero-order valence-corrected chi connectivity index (χ0v) is 16.2. The van der Waals surface area contributed by atoms with Crippen molar-refractivity contribution in [1.82, 2.24) is 10.6 Å². The molecule has 2 aromatic rings. The first-order valence-corrected chi connectivity index (χ1v) is 8.99. The number of rotatable bonds is 6. The fraction of sp³-hybridized carbons (Fsp3) is 0.211. The lowest BCUT2D eigenvalue weighted by Crippen LogP contribution is -2.36. The van der Waals surface area contributed by atoms with Gasteiger partial charge in [0.1, 0.15) is 0 Å². The second-order valence-corrected chi connectivity index (χ2v) is 6.45.